The van der Waals surface area contributed by atoms with E-state index in [9.17, 15) is 13.2 Å². The Morgan fingerprint density at radius 1 is 0.875 bits per heavy atom. The first-order valence-electron chi connectivity index (χ1n) is 4.59. The van der Waals surface area contributed by atoms with E-state index in [2.05, 4.69) is 0 Å². The molecule has 0 aliphatic heterocycles. The van der Waals surface area contributed by atoms with E-state index < -0.39 is 17.5 Å². The van der Waals surface area contributed by atoms with Crippen molar-refractivity contribution in [2.24, 2.45) is 0 Å². The molecule has 0 radical (unpaired) electrons. The number of benzene rings is 2. The largest absolute Gasteiger partial charge is 0.398 e. The van der Waals surface area contributed by atoms with E-state index in [4.69, 9.17) is 5.73 Å². The van der Waals surface area contributed by atoms with E-state index in [1.54, 1.807) is 0 Å². The zero-order chi connectivity index (χ0) is 11.7. The van der Waals surface area contributed by atoms with Crippen molar-refractivity contribution in [1.29, 1.82) is 0 Å². The lowest BCUT2D eigenvalue weighted by Gasteiger charge is -2.07. The Labute approximate surface area is 90.3 Å². The van der Waals surface area contributed by atoms with Crippen molar-refractivity contribution in [2.45, 2.75) is 0 Å². The quantitative estimate of drug-likeness (QED) is 0.737. The van der Waals surface area contributed by atoms with Gasteiger partial charge in [-0.1, -0.05) is 12.1 Å². The van der Waals surface area contributed by atoms with Crippen molar-refractivity contribution in [3.8, 4) is 11.1 Å². The van der Waals surface area contributed by atoms with E-state index in [1.165, 1.54) is 18.2 Å². The predicted octanol–water partition coefficient (Wildman–Crippen LogP) is 3.35. The smallest absolute Gasteiger partial charge is 0.166 e. The van der Waals surface area contributed by atoms with Crippen LogP contribution in [0.4, 0.5) is 18.9 Å². The molecule has 0 amide bonds. The van der Waals surface area contributed by atoms with Gasteiger partial charge in [-0.2, -0.15) is 0 Å². The molecule has 82 valence electrons. The summed E-state index contributed by atoms with van der Waals surface area (Å²) in [5.74, 6) is -2.56. The maximum atomic E-state index is 13.4. The highest BCUT2D eigenvalue weighted by atomic mass is 19.2. The van der Waals surface area contributed by atoms with Gasteiger partial charge in [0.15, 0.2) is 11.6 Å². The maximum absolute atomic E-state index is 13.4. The van der Waals surface area contributed by atoms with Crippen LogP contribution in [0.5, 0.6) is 0 Å². The van der Waals surface area contributed by atoms with Crippen LogP contribution in [0.15, 0.2) is 36.4 Å². The summed E-state index contributed by atoms with van der Waals surface area (Å²) in [7, 11) is 0. The molecular weight excluding hydrogens is 215 g/mol. The summed E-state index contributed by atoms with van der Waals surface area (Å²) in [5.41, 5.74) is 5.89. The minimum atomic E-state index is -1.03. The highest BCUT2D eigenvalue weighted by Gasteiger charge is 2.12. The Balaban J connectivity index is 2.67. The summed E-state index contributed by atoms with van der Waals surface area (Å²) in [6, 6.07) is 7.24. The van der Waals surface area contributed by atoms with Crippen molar-refractivity contribution >= 4 is 5.69 Å². The second kappa shape index (κ2) is 3.89. The summed E-state index contributed by atoms with van der Waals surface area (Å²) in [5, 5.41) is 0. The number of nitrogen functional groups attached to an aromatic ring is 1. The van der Waals surface area contributed by atoms with Gasteiger partial charge < -0.3 is 5.73 Å². The maximum Gasteiger partial charge on any atom is 0.166 e. The fourth-order valence-corrected chi connectivity index (χ4v) is 1.47. The fourth-order valence-electron chi connectivity index (χ4n) is 1.47. The average molecular weight is 223 g/mol. The molecular formula is C12H8F3N. The van der Waals surface area contributed by atoms with Gasteiger partial charge in [-0.15, -0.1) is 0 Å². The number of hydrogen-bond donors (Lipinski definition) is 1. The Bertz CT molecular complexity index is 538. The highest BCUT2D eigenvalue weighted by molar-refractivity contribution is 5.76. The molecule has 0 saturated heterocycles. The van der Waals surface area contributed by atoms with Gasteiger partial charge in [0, 0.05) is 16.8 Å². The summed E-state index contributed by atoms with van der Waals surface area (Å²) < 4.78 is 39.4. The lowest BCUT2D eigenvalue weighted by atomic mass is 10.0. The Kier molecular flexibility index (Phi) is 2.56. The molecule has 2 aromatic rings. The van der Waals surface area contributed by atoms with Crippen molar-refractivity contribution in [3.05, 3.63) is 53.8 Å². The van der Waals surface area contributed by atoms with Crippen LogP contribution >= 0.6 is 0 Å². The number of rotatable bonds is 1. The van der Waals surface area contributed by atoms with Gasteiger partial charge in [-0.05, 0) is 24.3 Å². The minimum Gasteiger partial charge on any atom is -0.398 e. The third-order valence-electron chi connectivity index (χ3n) is 2.26. The molecule has 1 nitrogen and oxygen atoms in total. The van der Waals surface area contributed by atoms with Gasteiger partial charge in [0.2, 0.25) is 0 Å². The Morgan fingerprint density at radius 2 is 1.62 bits per heavy atom. The van der Waals surface area contributed by atoms with Gasteiger partial charge >= 0.3 is 0 Å². The van der Waals surface area contributed by atoms with E-state index in [0.29, 0.717) is 0 Å². The van der Waals surface area contributed by atoms with Crippen molar-refractivity contribution in [3.63, 3.8) is 0 Å². The normalized spacial score (nSPS) is 10.4. The number of anilines is 1. The average Bonchev–Trinajstić information content (AvgIpc) is 2.26. The molecule has 0 saturated carbocycles. The zero-order valence-electron chi connectivity index (χ0n) is 8.18. The number of halogens is 3. The second-order valence-electron chi connectivity index (χ2n) is 3.33. The van der Waals surface area contributed by atoms with E-state index in [-0.39, 0.29) is 16.8 Å². The van der Waals surface area contributed by atoms with Crippen molar-refractivity contribution in [1.82, 2.24) is 0 Å². The predicted molar refractivity (Wildman–Crippen MR) is 56.2 cm³/mol. The molecule has 0 aromatic heterocycles. The van der Waals surface area contributed by atoms with E-state index >= 15 is 0 Å². The Morgan fingerprint density at radius 3 is 2.38 bits per heavy atom. The first-order chi connectivity index (χ1) is 7.59. The molecule has 0 fully saturated rings. The van der Waals surface area contributed by atoms with Gasteiger partial charge in [0.1, 0.15) is 5.82 Å². The molecule has 0 bridgehead atoms. The van der Waals surface area contributed by atoms with Gasteiger partial charge in [0.05, 0.1) is 0 Å². The third-order valence-corrected chi connectivity index (χ3v) is 2.26. The molecule has 16 heavy (non-hydrogen) atoms. The molecule has 0 aliphatic carbocycles. The molecule has 2 N–H and O–H groups in total. The summed E-state index contributed by atoms with van der Waals surface area (Å²) in [6.07, 6.45) is 0. The lowest BCUT2D eigenvalue weighted by molar-refractivity contribution is 0.511. The van der Waals surface area contributed by atoms with Crippen LogP contribution in [0, 0.1) is 17.5 Å². The van der Waals surface area contributed by atoms with Crippen LogP contribution in [0.25, 0.3) is 11.1 Å². The molecule has 0 unspecified atom stereocenters. The van der Waals surface area contributed by atoms with E-state index in [0.717, 1.165) is 18.2 Å². The molecule has 0 heterocycles. The van der Waals surface area contributed by atoms with Crippen LogP contribution in [-0.4, -0.2) is 0 Å². The Hall–Kier alpha value is -1.97. The van der Waals surface area contributed by atoms with Gasteiger partial charge in [-0.3, -0.25) is 0 Å². The van der Waals surface area contributed by atoms with Crippen LogP contribution in [0.1, 0.15) is 0 Å². The topological polar surface area (TPSA) is 26.0 Å². The van der Waals surface area contributed by atoms with Crippen LogP contribution in [0.2, 0.25) is 0 Å². The van der Waals surface area contributed by atoms with Crippen LogP contribution < -0.4 is 5.73 Å². The molecule has 2 rings (SSSR count). The summed E-state index contributed by atoms with van der Waals surface area (Å²) in [6.45, 7) is 0. The van der Waals surface area contributed by atoms with Crippen molar-refractivity contribution in [2.75, 3.05) is 5.73 Å². The minimum absolute atomic E-state index is 0.0444. The first-order valence-corrected chi connectivity index (χ1v) is 4.59. The van der Waals surface area contributed by atoms with Gasteiger partial charge in [-0.25, -0.2) is 13.2 Å². The molecule has 0 atom stereocenters. The second-order valence-corrected chi connectivity index (χ2v) is 3.33. The lowest BCUT2D eigenvalue weighted by Crippen LogP contribution is -1.95. The van der Waals surface area contributed by atoms with Crippen LogP contribution in [0.3, 0.4) is 0 Å². The van der Waals surface area contributed by atoms with Gasteiger partial charge in [0.25, 0.3) is 0 Å². The third kappa shape index (κ3) is 1.74. The highest BCUT2D eigenvalue weighted by Crippen LogP contribution is 2.29. The number of nitrogens with two attached hydrogens (primary N) is 1. The SMILES string of the molecule is Nc1ccc(F)cc1-c1cccc(F)c1F. The summed E-state index contributed by atoms with van der Waals surface area (Å²) in [4.78, 5) is 0. The molecule has 0 aliphatic rings. The van der Waals surface area contributed by atoms with E-state index in [1.807, 2.05) is 0 Å². The summed E-state index contributed by atoms with van der Waals surface area (Å²) >= 11 is 0. The molecule has 0 spiro atoms. The van der Waals surface area contributed by atoms with Crippen LogP contribution in [-0.2, 0) is 0 Å². The first kappa shape index (κ1) is 10.5. The standard InChI is InChI=1S/C12H8F3N/c13-7-4-5-11(16)9(6-7)8-2-1-3-10(14)12(8)15/h1-6H,16H2. The zero-order valence-corrected chi connectivity index (χ0v) is 8.18. The molecule has 2 aromatic carbocycles. The number of hydrogen-bond acceptors (Lipinski definition) is 1. The van der Waals surface area contributed by atoms with Crippen molar-refractivity contribution < 1.29 is 13.2 Å². The fraction of sp³-hybridized carbons (Fsp3) is 0. The monoisotopic (exact) mass is 223 g/mol. The molecule has 4 heteroatoms.